The highest BCUT2D eigenvalue weighted by Crippen LogP contribution is 2.29. The zero-order valence-corrected chi connectivity index (χ0v) is 12.6. The molecule has 0 amide bonds. The Morgan fingerprint density at radius 2 is 2.05 bits per heavy atom. The lowest BCUT2D eigenvalue weighted by atomic mass is 10.0. The molecule has 1 heterocycles. The van der Waals surface area contributed by atoms with Crippen LogP contribution in [-0.2, 0) is 0 Å². The number of nitrogens with zero attached hydrogens (tertiary/aromatic N) is 2. The van der Waals surface area contributed by atoms with Crippen molar-refractivity contribution in [2.75, 3.05) is 13.7 Å². The Labute approximate surface area is 124 Å². The summed E-state index contributed by atoms with van der Waals surface area (Å²) >= 11 is 0. The minimum absolute atomic E-state index is 0.223. The van der Waals surface area contributed by atoms with E-state index < -0.39 is 0 Å². The summed E-state index contributed by atoms with van der Waals surface area (Å²) in [6.07, 6.45) is 4.09. The molecule has 0 bridgehead atoms. The molecule has 0 spiro atoms. The molecule has 0 aliphatic carbocycles. The van der Waals surface area contributed by atoms with Crippen LogP contribution in [0.5, 0.6) is 5.88 Å². The summed E-state index contributed by atoms with van der Waals surface area (Å²) in [5.74, 6) is 0.186. The molecule has 0 saturated carbocycles. The van der Waals surface area contributed by atoms with Gasteiger partial charge in [0.25, 0.3) is 0 Å². The first-order chi connectivity index (χ1) is 10.2. The Balaban J connectivity index is 2.50. The van der Waals surface area contributed by atoms with Crippen LogP contribution in [0.3, 0.4) is 0 Å². The van der Waals surface area contributed by atoms with Crippen molar-refractivity contribution in [1.82, 2.24) is 15.3 Å². The summed E-state index contributed by atoms with van der Waals surface area (Å²) in [6.45, 7) is 4.56. The Morgan fingerprint density at radius 3 is 2.76 bits per heavy atom. The van der Waals surface area contributed by atoms with E-state index in [2.05, 4.69) is 22.2 Å². The Bertz CT molecular complexity index is 604. The lowest BCUT2D eigenvalue weighted by Crippen LogP contribution is -2.26. The number of benzene rings is 1. The van der Waals surface area contributed by atoms with Crippen LogP contribution >= 0.6 is 0 Å². The molecular formula is C16H20FN3O. The molecule has 1 atom stereocenters. The number of methoxy groups -OCH3 is 1. The lowest BCUT2D eigenvalue weighted by Gasteiger charge is -2.21. The first-order valence-electron chi connectivity index (χ1n) is 7.02. The van der Waals surface area contributed by atoms with Gasteiger partial charge in [0.1, 0.15) is 11.5 Å². The largest absolute Gasteiger partial charge is 0.480 e. The highest BCUT2D eigenvalue weighted by Gasteiger charge is 2.23. The Hall–Kier alpha value is -2.01. The van der Waals surface area contributed by atoms with Gasteiger partial charge in [-0.2, -0.15) is 0 Å². The summed E-state index contributed by atoms with van der Waals surface area (Å²) in [6, 6.07) is 4.98. The fraction of sp³-hybridized carbons (Fsp3) is 0.375. The van der Waals surface area contributed by atoms with E-state index in [1.54, 1.807) is 31.5 Å². The van der Waals surface area contributed by atoms with E-state index in [4.69, 9.17) is 4.74 Å². The number of ether oxygens (including phenoxy) is 1. The van der Waals surface area contributed by atoms with Crippen LogP contribution in [0.2, 0.25) is 0 Å². The number of nitrogens with one attached hydrogen (secondary N) is 1. The van der Waals surface area contributed by atoms with E-state index in [-0.39, 0.29) is 11.9 Å². The van der Waals surface area contributed by atoms with Crippen LogP contribution in [0.15, 0.2) is 30.6 Å². The Kier molecular flexibility index (Phi) is 5.22. The normalized spacial score (nSPS) is 12.2. The van der Waals surface area contributed by atoms with Gasteiger partial charge in [-0.15, -0.1) is 0 Å². The molecule has 2 aromatic rings. The summed E-state index contributed by atoms with van der Waals surface area (Å²) in [5, 5.41) is 3.32. The molecule has 112 valence electrons. The number of rotatable bonds is 6. The predicted octanol–water partition coefficient (Wildman–Crippen LogP) is 3.02. The first-order valence-corrected chi connectivity index (χ1v) is 7.02. The minimum Gasteiger partial charge on any atom is -0.480 e. The molecule has 0 aliphatic rings. The van der Waals surface area contributed by atoms with Gasteiger partial charge in [-0.3, -0.25) is 4.98 Å². The summed E-state index contributed by atoms with van der Waals surface area (Å²) < 4.78 is 19.7. The molecule has 1 N–H and O–H groups in total. The van der Waals surface area contributed by atoms with Crippen LogP contribution < -0.4 is 10.1 Å². The highest BCUT2D eigenvalue weighted by molar-refractivity contribution is 5.36. The lowest BCUT2D eigenvalue weighted by molar-refractivity contribution is 0.381. The highest BCUT2D eigenvalue weighted by atomic mass is 19.1. The molecule has 0 saturated heterocycles. The van der Waals surface area contributed by atoms with Crippen molar-refractivity contribution in [3.05, 3.63) is 53.2 Å². The summed E-state index contributed by atoms with van der Waals surface area (Å²) in [4.78, 5) is 8.49. The topological polar surface area (TPSA) is 47.0 Å². The molecular weight excluding hydrogens is 269 g/mol. The van der Waals surface area contributed by atoms with Gasteiger partial charge < -0.3 is 10.1 Å². The Morgan fingerprint density at radius 1 is 1.29 bits per heavy atom. The van der Waals surface area contributed by atoms with Crippen LogP contribution in [-0.4, -0.2) is 23.6 Å². The number of aromatic nitrogens is 2. The smallest absolute Gasteiger partial charge is 0.237 e. The molecule has 2 rings (SSSR count). The molecule has 1 aromatic heterocycles. The van der Waals surface area contributed by atoms with Crippen LogP contribution in [0, 0.1) is 12.7 Å². The fourth-order valence-corrected chi connectivity index (χ4v) is 2.23. The van der Waals surface area contributed by atoms with Gasteiger partial charge in [0.05, 0.1) is 13.2 Å². The van der Waals surface area contributed by atoms with Crippen LogP contribution in [0.4, 0.5) is 4.39 Å². The fourth-order valence-electron chi connectivity index (χ4n) is 2.23. The molecule has 0 fully saturated rings. The van der Waals surface area contributed by atoms with Gasteiger partial charge in [-0.25, -0.2) is 9.37 Å². The van der Waals surface area contributed by atoms with Crippen molar-refractivity contribution in [1.29, 1.82) is 0 Å². The van der Waals surface area contributed by atoms with Crippen molar-refractivity contribution in [3.63, 3.8) is 0 Å². The van der Waals surface area contributed by atoms with Crippen molar-refractivity contribution in [2.24, 2.45) is 0 Å². The zero-order valence-electron chi connectivity index (χ0n) is 12.6. The van der Waals surface area contributed by atoms with Gasteiger partial charge in [-0.1, -0.05) is 25.1 Å². The third kappa shape index (κ3) is 3.36. The second-order valence-electron chi connectivity index (χ2n) is 4.82. The minimum atomic E-state index is -0.381. The quantitative estimate of drug-likeness (QED) is 0.888. The second kappa shape index (κ2) is 7.13. The van der Waals surface area contributed by atoms with Crippen LogP contribution in [0.1, 0.15) is 36.2 Å². The van der Waals surface area contributed by atoms with E-state index in [1.807, 2.05) is 6.07 Å². The average molecular weight is 289 g/mol. The molecule has 5 heteroatoms. The van der Waals surface area contributed by atoms with E-state index in [9.17, 15) is 4.39 Å². The van der Waals surface area contributed by atoms with Gasteiger partial charge >= 0.3 is 0 Å². The van der Waals surface area contributed by atoms with Crippen molar-refractivity contribution >= 4 is 0 Å². The number of hydrogen-bond acceptors (Lipinski definition) is 4. The monoisotopic (exact) mass is 289 g/mol. The zero-order chi connectivity index (χ0) is 15.2. The SMILES string of the molecule is CCCNC(c1cccc(C)c1F)c1nccnc1OC. The van der Waals surface area contributed by atoms with Crippen LogP contribution in [0.25, 0.3) is 0 Å². The van der Waals surface area contributed by atoms with E-state index in [0.717, 1.165) is 13.0 Å². The molecule has 1 unspecified atom stereocenters. The van der Waals surface area contributed by atoms with Gasteiger partial charge in [-0.05, 0) is 25.5 Å². The van der Waals surface area contributed by atoms with E-state index in [1.165, 1.54) is 7.11 Å². The summed E-state index contributed by atoms with van der Waals surface area (Å²) in [7, 11) is 1.54. The van der Waals surface area contributed by atoms with Gasteiger partial charge in [0.2, 0.25) is 5.88 Å². The van der Waals surface area contributed by atoms with E-state index >= 15 is 0 Å². The average Bonchev–Trinajstić information content (AvgIpc) is 2.52. The summed E-state index contributed by atoms with van der Waals surface area (Å²) in [5.41, 5.74) is 1.76. The number of hydrogen-bond donors (Lipinski definition) is 1. The van der Waals surface area contributed by atoms with Crippen molar-refractivity contribution in [3.8, 4) is 5.88 Å². The third-order valence-electron chi connectivity index (χ3n) is 3.29. The first kappa shape index (κ1) is 15.4. The van der Waals surface area contributed by atoms with Gasteiger partial charge in [0, 0.05) is 18.0 Å². The maximum absolute atomic E-state index is 14.5. The predicted molar refractivity (Wildman–Crippen MR) is 79.9 cm³/mol. The van der Waals surface area contributed by atoms with E-state index in [0.29, 0.717) is 22.7 Å². The van der Waals surface area contributed by atoms with Crippen molar-refractivity contribution < 1.29 is 9.13 Å². The third-order valence-corrected chi connectivity index (χ3v) is 3.29. The molecule has 1 aromatic carbocycles. The standard InChI is InChI=1S/C16H20FN3O/c1-4-8-18-14(12-7-5-6-11(2)13(12)17)15-16(21-3)20-10-9-19-15/h5-7,9-10,14,18H,4,8H2,1-3H3. The maximum Gasteiger partial charge on any atom is 0.237 e. The molecule has 0 radical (unpaired) electrons. The van der Waals surface area contributed by atoms with Crippen molar-refractivity contribution in [2.45, 2.75) is 26.3 Å². The molecule has 21 heavy (non-hydrogen) atoms. The molecule has 4 nitrogen and oxygen atoms in total. The number of aryl methyl sites for hydroxylation is 1. The molecule has 0 aliphatic heterocycles. The number of halogens is 1. The maximum atomic E-state index is 14.5. The van der Waals surface area contributed by atoms with Gasteiger partial charge in [0.15, 0.2) is 0 Å². The second-order valence-corrected chi connectivity index (χ2v) is 4.82.